The molecule has 0 aliphatic rings. The molecule has 4 aromatic rings. The highest BCUT2D eigenvalue weighted by atomic mass is 32.2. The summed E-state index contributed by atoms with van der Waals surface area (Å²) in [6.07, 6.45) is 3.56. The van der Waals surface area contributed by atoms with E-state index in [0.717, 1.165) is 27.9 Å². The number of hydrogen-bond acceptors (Lipinski definition) is 5. The van der Waals surface area contributed by atoms with Crippen molar-refractivity contribution in [3.63, 3.8) is 0 Å². The van der Waals surface area contributed by atoms with Crippen molar-refractivity contribution in [2.75, 3.05) is 0 Å². The molecule has 0 saturated carbocycles. The Morgan fingerprint density at radius 2 is 1.71 bits per heavy atom. The minimum atomic E-state index is 0.667. The third-order valence-corrected chi connectivity index (χ3v) is 5.31. The van der Waals surface area contributed by atoms with Crippen molar-refractivity contribution in [1.29, 1.82) is 5.26 Å². The molecule has 2 aromatic carbocycles. The number of hydrogen-bond donors (Lipinski definition) is 0. The lowest BCUT2D eigenvalue weighted by Crippen LogP contribution is -2.04. The predicted molar refractivity (Wildman–Crippen MR) is 110 cm³/mol. The first kappa shape index (κ1) is 18.0. The highest BCUT2D eigenvalue weighted by Crippen LogP contribution is 2.27. The van der Waals surface area contributed by atoms with Gasteiger partial charge in [-0.15, -0.1) is 10.2 Å². The molecule has 0 N–H and O–H groups in total. The van der Waals surface area contributed by atoms with Gasteiger partial charge in [-0.2, -0.15) is 5.26 Å². The number of benzene rings is 2. The van der Waals surface area contributed by atoms with E-state index in [9.17, 15) is 0 Å². The van der Waals surface area contributed by atoms with Crippen molar-refractivity contribution in [3.8, 4) is 17.5 Å². The molecule has 2 heterocycles. The van der Waals surface area contributed by atoms with Crippen LogP contribution >= 0.6 is 11.8 Å². The summed E-state index contributed by atoms with van der Waals surface area (Å²) in [5.74, 6) is 1.56. The number of aromatic nitrogens is 4. The molecule has 0 spiro atoms. The van der Waals surface area contributed by atoms with Gasteiger partial charge in [0.25, 0.3) is 0 Å². The fraction of sp³-hybridized carbons (Fsp3) is 0.0909. The van der Waals surface area contributed by atoms with Gasteiger partial charge in [0.2, 0.25) is 0 Å². The summed E-state index contributed by atoms with van der Waals surface area (Å²) >= 11 is 1.63. The summed E-state index contributed by atoms with van der Waals surface area (Å²) < 4.78 is 2.13. The average Bonchev–Trinajstić information content (AvgIpc) is 3.16. The van der Waals surface area contributed by atoms with Crippen molar-refractivity contribution in [2.45, 2.75) is 17.5 Å². The van der Waals surface area contributed by atoms with Crippen LogP contribution in [0.5, 0.6) is 0 Å². The molecule has 28 heavy (non-hydrogen) atoms. The largest absolute Gasteiger partial charge is 0.297 e. The summed E-state index contributed by atoms with van der Waals surface area (Å²) in [4.78, 5) is 4.21. The van der Waals surface area contributed by atoms with Crippen molar-refractivity contribution in [1.82, 2.24) is 19.7 Å². The maximum Gasteiger partial charge on any atom is 0.192 e. The van der Waals surface area contributed by atoms with E-state index < -0.39 is 0 Å². The Kier molecular flexibility index (Phi) is 5.46. The van der Waals surface area contributed by atoms with E-state index in [-0.39, 0.29) is 0 Å². The Bertz CT molecular complexity index is 1080. The normalized spacial score (nSPS) is 10.5. The fourth-order valence-corrected chi connectivity index (χ4v) is 3.73. The van der Waals surface area contributed by atoms with Gasteiger partial charge < -0.3 is 0 Å². The van der Waals surface area contributed by atoms with Gasteiger partial charge in [0.05, 0.1) is 18.2 Å². The number of thioether (sulfide) groups is 1. The molecule has 0 aliphatic carbocycles. The molecule has 0 atom stereocenters. The zero-order chi connectivity index (χ0) is 19.2. The second-order valence-corrected chi connectivity index (χ2v) is 7.16. The fourth-order valence-electron chi connectivity index (χ4n) is 2.84. The Labute approximate surface area is 167 Å². The van der Waals surface area contributed by atoms with Crippen molar-refractivity contribution < 1.29 is 0 Å². The quantitative estimate of drug-likeness (QED) is 0.457. The Morgan fingerprint density at radius 1 is 0.893 bits per heavy atom. The van der Waals surface area contributed by atoms with E-state index in [2.05, 4.69) is 38.0 Å². The summed E-state index contributed by atoms with van der Waals surface area (Å²) in [6.45, 7) is 0.688. The molecule has 0 bridgehead atoms. The number of pyridine rings is 1. The second-order valence-electron chi connectivity index (χ2n) is 6.22. The predicted octanol–water partition coefficient (Wildman–Crippen LogP) is 4.55. The Hall–Kier alpha value is -3.43. The molecule has 0 aliphatic heterocycles. The van der Waals surface area contributed by atoms with E-state index in [1.807, 2.05) is 54.6 Å². The first-order valence-electron chi connectivity index (χ1n) is 8.83. The molecule has 0 radical (unpaired) electrons. The minimum Gasteiger partial charge on any atom is -0.297 e. The summed E-state index contributed by atoms with van der Waals surface area (Å²) in [7, 11) is 0. The SMILES string of the molecule is N#Cc1ccc(CSc2nnc(-c3cccnc3)n2Cc2ccccc2)cc1. The van der Waals surface area contributed by atoms with Crippen LogP contribution < -0.4 is 0 Å². The smallest absolute Gasteiger partial charge is 0.192 e. The first-order chi connectivity index (χ1) is 13.8. The van der Waals surface area contributed by atoms with E-state index in [0.29, 0.717) is 12.1 Å². The van der Waals surface area contributed by atoms with Crippen molar-refractivity contribution >= 4 is 11.8 Å². The molecule has 0 unspecified atom stereocenters. The summed E-state index contributed by atoms with van der Waals surface area (Å²) in [5, 5.41) is 18.7. The maximum atomic E-state index is 8.94. The molecule has 2 aromatic heterocycles. The molecule has 136 valence electrons. The van der Waals surface area contributed by atoms with Gasteiger partial charge in [-0.05, 0) is 35.4 Å². The van der Waals surface area contributed by atoms with Gasteiger partial charge >= 0.3 is 0 Å². The van der Waals surface area contributed by atoms with Gasteiger partial charge in [0.1, 0.15) is 0 Å². The second kappa shape index (κ2) is 8.51. The minimum absolute atomic E-state index is 0.667. The molecule has 6 heteroatoms. The van der Waals surface area contributed by atoms with E-state index >= 15 is 0 Å². The van der Waals surface area contributed by atoms with Gasteiger partial charge in [0.15, 0.2) is 11.0 Å². The Morgan fingerprint density at radius 3 is 2.43 bits per heavy atom. The standard InChI is InChI=1S/C22H17N5S/c23-13-17-8-10-19(11-9-17)16-28-22-26-25-21(20-7-4-12-24-14-20)27(22)15-18-5-2-1-3-6-18/h1-12,14H,15-16H2. The van der Waals surface area contributed by atoms with Crippen molar-refractivity contribution in [3.05, 3.63) is 95.8 Å². The van der Waals surface area contributed by atoms with Gasteiger partial charge in [-0.1, -0.05) is 54.2 Å². The Balaban J connectivity index is 1.62. The molecule has 0 amide bonds. The molecular formula is C22H17N5S. The highest BCUT2D eigenvalue weighted by molar-refractivity contribution is 7.98. The number of rotatable bonds is 6. The van der Waals surface area contributed by atoms with Crippen LogP contribution in [0, 0.1) is 11.3 Å². The lowest BCUT2D eigenvalue weighted by Gasteiger charge is -2.10. The average molecular weight is 383 g/mol. The van der Waals surface area contributed by atoms with Crippen LogP contribution in [-0.2, 0) is 12.3 Å². The van der Waals surface area contributed by atoms with Gasteiger partial charge in [-0.3, -0.25) is 9.55 Å². The van der Waals surface area contributed by atoms with Gasteiger partial charge in [-0.25, -0.2) is 0 Å². The molecular weight excluding hydrogens is 366 g/mol. The summed E-state index contributed by atoms with van der Waals surface area (Å²) in [5.41, 5.74) is 3.94. The monoisotopic (exact) mass is 383 g/mol. The number of nitriles is 1. The van der Waals surface area contributed by atoms with Crippen LogP contribution in [0.15, 0.2) is 84.3 Å². The van der Waals surface area contributed by atoms with E-state index in [4.69, 9.17) is 5.26 Å². The molecule has 4 rings (SSSR count). The molecule has 0 saturated heterocycles. The van der Waals surface area contributed by atoms with Crippen LogP contribution in [0.25, 0.3) is 11.4 Å². The zero-order valence-electron chi connectivity index (χ0n) is 15.1. The van der Waals surface area contributed by atoms with E-state index in [1.54, 1.807) is 24.2 Å². The lowest BCUT2D eigenvalue weighted by molar-refractivity contribution is 0.714. The van der Waals surface area contributed by atoms with Crippen LogP contribution in [0.3, 0.4) is 0 Å². The van der Waals surface area contributed by atoms with E-state index in [1.165, 1.54) is 5.56 Å². The molecule has 5 nitrogen and oxygen atoms in total. The first-order valence-corrected chi connectivity index (χ1v) is 9.81. The van der Waals surface area contributed by atoms with Crippen LogP contribution in [0.1, 0.15) is 16.7 Å². The topological polar surface area (TPSA) is 67.4 Å². The third-order valence-electron chi connectivity index (χ3n) is 4.27. The zero-order valence-corrected chi connectivity index (χ0v) is 15.9. The van der Waals surface area contributed by atoms with Gasteiger partial charge in [0, 0.05) is 23.7 Å². The van der Waals surface area contributed by atoms with Crippen LogP contribution in [0.4, 0.5) is 0 Å². The maximum absolute atomic E-state index is 8.94. The van der Waals surface area contributed by atoms with Crippen LogP contribution in [0.2, 0.25) is 0 Å². The van der Waals surface area contributed by atoms with Crippen molar-refractivity contribution in [2.24, 2.45) is 0 Å². The number of nitrogens with zero attached hydrogens (tertiary/aromatic N) is 5. The summed E-state index contributed by atoms with van der Waals surface area (Å²) in [6, 6.07) is 24.0. The van der Waals surface area contributed by atoms with Crippen LogP contribution in [-0.4, -0.2) is 19.7 Å². The highest BCUT2D eigenvalue weighted by Gasteiger charge is 2.15. The third kappa shape index (κ3) is 4.11. The lowest BCUT2D eigenvalue weighted by atomic mass is 10.2. The molecule has 0 fully saturated rings.